The van der Waals surface area contributed by atoms with Gasteiger partial charge in [-0.25, -0.2) is 13.8 Å². The minimum absolute atomic E-state index is 0.0547. The average molecular weight is 424 g/mol. The largest absolute Gasteiger partial charge is 0.494 e. The summed E-state index contributed by atoms with van der Waals surface area (Å²) in [5.41, 5.74) is 1.68. The van der Waals surface area contributed by atoms with Crippen molar-refractivity contribution >= 4 is 32.6 Å². The van der Waals surface area contributed by atoms with Gasteiger partial charge in [-0.3, -0.25) is 9.69 Å². The lowest BCUT2D eigenvalue weighted by molar-refractivity contribution is 0.0984. The Bertz CT molecular complexity index is 1190. The number of aromatic nitrogens is 1. The van der Waals surface area contributed by atoms with Crippen LogP contribution in [0.1, 0.15) is 22.8 Å². The van der Waals surface area contributed by atoms with Crippen LogP contribution < -0.4 is 9.64 Å². The van der Waals surface area contributed by atoms with Gasteiger partial charge in [-0.1, -0.05) is 41.7 Å². The van der Waals surface area contributed by atoms with E-state index in [0.29, 0.717) is 11.7 Å². The zero-order chi connectivity index (χ0) is 21.1. The van der Waals surface area contributed by atoms with Gasteiger partial charge in [-0.2, -0.15) is 0 Å². The standard InChI is InChI=1S/C23H18F2N2O2S/c1-2-29-17-9-11-20-21(13-17)30-23(26-20)27(14-15-6-4-3-5-7-15)22(28)16-8-10-18(24)19(25)12-16/h3-13H,2,14H2,1H3. The van der Waals surface area contributed by atoms with Crippen LogP contribution in [0.4, 0.5) is 13.9 Å². The minimum atomic E-state index is -1.06. The molecule has 7 heteroatoms. The number of halogens is 2. The Kier molecular flexibility index (Phi) is 5.72. The van der Waals surface area contributed by atoms with Crippen LogP contribution in [0.3, 0.4) is 0 Å². The Hall–Kier alpha value is -3.32. The quantitative estimate of drug-likeness (QED) is 0.392. The number of carbonyl (C=O) groups excluding carboxylic acids is 1. The van der Waals surface area contributed by atoms with Gasteiger partial charge in [0.25, 0.3) is 5.91 Å². The number of benzene rings is 3. The van der Waals surface area contributed by atoms with Crippen molar-refractivity contribution in [3.8, 4) is 5.75 Å². The van der Waals surface area contributed by atoms with Crippen molar-refractivity contribution in [1.82, 2.24) is 4.98 Å². The van der Waals surface area contributed by atoms with Gasteiger partial charge < -0.3 is 4.74 Å². The lowest BCUT2D eigenvalue weighted by atomic mass is 10.1. The van der Waals surface area contributed by atoms with Crippen LogP contribution in [0.5, 0.6) is 5.75 Å². The number of thiazole rings is 1. The van der Waals surface area contributed by atoms with E-state index in [1.165, 1.54) is 22.3 Å². The van der Waals surface area contributed by atoms with E-state index in [1.807, 2.05) is 55.5 Å². The topological polar surface area (TPSA) is 42.4 Å². The van der Waals surface area contributed by atoms with Crippen molar-refractivity contribution in [3.63, 3.8) is 0 Å². The molecular weight excluding hydrogens is 406 g/mol. The summed E-state index contributed by atoms with van der Waals surface area (Å²) in [5.74, 6) is -1.79. The Morgan fingerprint density at radius 3 is 2.57 bits per heavy atom. The number of rotatable bonds is 6. The van der Waals surface area contributed by atoms with E-state index in [0.717, 1.165) is 33.7 Å². The summed E-state index contributed by atoms with van der Waals surface area (Å²) >= 11 is 1.34. The van der Waals surface area contributed by atoms with Gasteiger partial charge in [0.05, 0.1) is 23.4 Å². The highest BCUT2D eigenvalue weighted by atomic mass is 32.1. The van der Waals surface area contributed by atoms with Gasteiger partial charge in [0.1, 0.15) is 5.75 Å². The molecule has 1 aromatic heterocycles. The van der Waals surface area contributed by atoms with Gasteiger partial charge in [-0.15, -0.1) is 0 Å². The van der Waals surface area contributed by atoms with E-state index in [-0.39, 0.29) is 12.1 Å². The van der Waals surface area contributed by atoms with E-state index in [4.69, 9.17) is 4.74 Å². The summed E-state index contributed by atoms with van der Waals surface area (Å²) < 4.78 is 33.5. The maximum absolute atomic E-state index is 13.7. The van der Waals surface area contributed by atoms with Crippen molar-refractivity contribution in [3.05, 3.63) is 89.5 Å². The second-order valence-corrected chi connectivity index (χ2v) is 7.57. The average Bonchev–Trinajstić information content (AvgIpc) is 3.17. The van der Waals surface area contributed by atoms with Crippen molar-refractivity contribution in [2.45, 2.75) is 13.5 Å². The molecule has 1 amide bonds. The van der Waals surface area contributed by atoms with Crippen LogP contribution >= 0.6 is 11.3 Å². The predicted octanol–water partition coefficient (Wildman–Crippen LogP) is 5.82. The third-order valence-electron chi connectivity index (χ3n) is 4.49. The molecule has 0 bridgehead atoms. The number of nitrogens with zero attached hydrogens (tertiary/aromatic N) is 2. The molecule has 0 saturated heterocycles. The fourth-order valence-electron chi connectivity index (χ4n) is 3.04. The van der Waals surface area contributed by atoms with Crippen molar-refractivity contribution in [1.29, 1.82) is 0 Å². The van der Waals surface area contributed by atoms with Gasteiger partial charge in [0.15, 0.2) is 16.8 Å². The van der Waals surface area contributed by atoms with Crippen LogP contribution in [-0.4, -0.2) is 17.5 Å². The zero-order valence-corrected chi connectivity index (χ0v) is 17.0. The van der Waals surface area contributed by atoms with Crippen LogP contribution in [0.25, 0.3) is 10.2 Å². The molecule has 4 aromatic rings. The van der Waals surface area contributed by atoms with Crippen LogP contribution in [0, 0.1) is 11.6 Å². The van der Waals surface area contributed by atoms with Gasteiger partial charge in [0, 0.05) is 5.56 Å². The van der Waals surface area contributed by atoms with E-state index < -0.39 is 17.5 Å². The molecule has 0 aliphatic carbocycles. The third-order valence-corrected chi connectivity index (χ3v) is 5.53. The highest BCUT2D eigenvalue weighted by molar-refractivity contribution is 7.22. The number of amides is 1. The number of carbonyl (C=O) groups is 1. The number of ether oxygens (including phenoxy) is 1. The summed E-state index contributed by atoms with van der Waals surface area (Å²) in [7, 11) is 0. The molecular formula is C23H18F2N2O2S. The molecule has 0 spiro atoms. The van der Waals surface area contributed by atoms with E-state index in [2.05, 4.69) is 4.98 Å². The summed E-state index contributed by atoms with van der Waals surface area (Å²) in [6.07, 6.45) is 0. The number of hydrogen-bond acceptors (Lipinski definition) is 4. The molecule has 4 rings (SSSR count). The lowest BCUT2D eigenvalue weighted by Crippen LogP contribution is -2.30. The number of hydrogen-bond donors (Lipinski definition) is 0. The molecule has 0 saturated carbocycles. The molecule has 1 heterocycles. The van der Waals surface area contributed by atoms with Crippen LogP contribution in [0.2, 0.25) is 0 Å². The van der Waals surface area contributed by atoms with Crippen LogP contribution in [-0.2, 0) is 6.54 Å². The first-order chi connectivity index (χ1) is 14.5. The van der Waals surface area contributed by atoms with Crippen molar-refractivity contribution in [2.75, 3.05) is 11.5 Å². The maximum Gasteiger partial charge on any atom is 0.260 e. The second-order valence-electron chi connectivity index (χ2n) is 6.56. The molecule has 0 aliphatic rings. The summed E-state index contributed by atoms with van der Waals surface area (Å²) in [6.45, 7) is 2.70. The minimum Gasteiger partial charge on any atom is -0.494 e. The van der Waals surface area contributed by atoms with Gasteiger partial charge in [-0.05, 0) is 48.9 Å². The number of anilines is 1. The lowest BCUT2D eigenvalue weighted by Gasteiger charge is -2.20. The van der Waals surface area contributed by atoms with E-state index in [9.17, 15) is 13.6 Å². The molecule has 0 unspecified atom stereocenters. The maximum atomic E-state index is 13.7. The molecule has 0 fully saturated rings. The molecule has 0 N–H and O–H groups in total. The fraction of sp³-hybridized carbons (Fsp3) is 0.130. The molecule has 0 atom stereocenters. The highest BCUT2D eigenvalue weighted by Gasteiger charge is 2.23. The van der Waals surface area contributed by atoms with Gasteiger partial charge >= 0.3 is 0 Å². The Morgan fingerprint density at radius 2 is 1.83 bits per heavy atom. The van der Waals surface area contributed by atoms with E-state index >= 15 is 0 Å². The first kappa shape index (κ1) is 20.0. The molecule has 4 nitrogen and oxygen atoms in total. The molecule has 152 valence electrons. The first-order valence-electron chi connectivity index (χ1n) is 9.39. The summed E-state index contributed by atoms with van der Waals surface area (Å²) in [6, 6.07) is 18.1. The normalized spacial score (nSPS) is 10.9. The summed E-state index contributed by atoms with van der Waals surface area (Å²) in [5, 5.41) is 0.470. The summed E-state index contributed by atoms with van der Waals surface area (Å²) in [4.78, 5) is 19.3. The fourth-order valence-corrected chi connectivity index (χ4v) is 4.03. The highest BCUT2D eigenvalue weighted by Crippen LogP contribution is 2.33. The van der Waals surface area contributed by atoms with Gasteiger partial charge in [0.2, 0.25) is 0 Å². The van der Waals surface area contributed by atoms with E-state index in [1.54, 1.807) is 0 Å². The monoisotopic (exact) mass is 424 g/mol. The SMILES string of the molecule is CCOc1ccc2nc(N(Cc3ccccc3)C(=O)c3ccc(F)c(F)c3)sc2c1. The first-order valence-corrected chi connectivity index (χ1v) is 10.2. The molecule has 0 radical (unpaired) electrons. The predicted molar refractivity (Wildman–Crippen MR) is 114 cm³/mol. The molecule has 0 aliphatic heterocycles. The Labute approximate surface area is 176 Å². The van der Waals surface area contributed by atoms with Crippen LogP contribution in [0.15, 0.2) is 66.7 Å². The Morgan fingerprint density at radius 1 is 1.03 bits per heavy atom. The smallest absolute Gasteiger partial charge is 0.260 e. The number of fused-ring (bicyclic) bond motifs is 1. The zero-order valence-electron chi connectivity index (χ0n) is 16.1. The van der Waals surface area contributed by atoms with Crippen molar-refractivity contribution < 1.29 is 18.3 Å². The molecule has 3 aromatic carbocycles. The Balaban J connectivity index is 1.75. The van der Waals surface area contributed by atoms with Crippen molar-refractivity contribution in [2.24, 2.45) is 0 Å². The third kappa shape index (κ3) is 4.16. The molecule has 30 heavy (non-hydrogen) atoms. The second kappa shape index (κ2) is 8.59.